The minimum Gasteiger partial charge on any atom is -0.497 e. The van der Waals surface area contributed by atoms with E-state index in [0.717, 1.165) is 22.1 Å². The van der Waals surface area contributed by atoms with Crippen LogP contribution in [0, 0.1) is 0 Å². The van der Waals surface area contributed by atoms with Crippen LogP contribution in [-0.2, 0) is 11.3 Å². The van der Waals surface area contributed by atoms with Crippen molar-refractivity contribution in [2.24, 2.45) is 0 Å². The first kappa shape index (κ1) is 16.1. The third-order valence-corrected chi connectivity index (χ3v) is 2.99. The van der Waals surface area contributed by atoms with Crippen LogP contribution in [0.1, 0.15) is 26.3 Å². The van der Waals surface area contributed by atoms with E-state index in [4.69, 9.17) is 9.47 Å². The lowest BCUT2D eigenvalue weighted by atomic mass is 10.1. The fourth-order valence-corrected chi connectivity index (χ4v) is 2.03. The second kappa shape index (κ2) is 6.66. The Hall–Kier alpha value is -2.27. The number of methoxy groups -OCH3 is 1. The molecule has 0 saturated heterocycles. The van der Waals surface area contributed by atoms with E-state index < -0.39 is 11.7 Å². The lowest BCUT2D eigenvalue weighted by Gasteiger charge is -2.19. The Morgan fingerprint density at radius 1 is 1.09 bits per heavy atom. The van der Waals surface area contributed by atoms with Gasteiger partial charge in [-0.1, -0.05) is 18.2 Å². The number of carbonyl (C=O) groups excluding carboxylic acids is 1. The van der Waals surface area contributed by atoms with Crippen molar-refractivity contribution in [3.05, 3.63) is 42.0 Å². The van der Waals surface area contributed by atoms with Gasteiger partial charge >= 0.3 is 6.09 Å². The lowest BCUT2D eigenvalue weighted by Crippen LogP contribution is -2.40. The molecule has 2 rings (SSSR count). The second-order valence-electron chi connectivity index (χ2n) is 6.03. The number of benzene rings is 2. The van der Waals surface area contributed by atoms with Crippen molar-refractivity contribution in [1.29, 1.82) is 0 Å². The van der Waals surface area contributed by atoms with Crippen molar-refractivity contribution >= 4 is 16.9 Å². The van der Waals surface area contributed by atoms with Crippen LogP contribution in [0.4, 0.5) is 4.79 Å². The minimum atomic E-state index is -0.506. The largest absolute Gasteiger partial charge is 0.497 e. The molecule has 0 aliphatic heterocycles. The van der Waals surface area contributed by atoms with Crippen molar-refractivity contribution in [2.75, 3.05) is 7.11 Å². The summed E-state index contributed by atoms with van der Waals surface area (Å²) in [4.78, 5) is 11.5. The molecule has 1 amide bonds. The highest BCUT2D eigenvalue weighted by Crippen LogP contribution is 2.21. The summed E-state index contributed by atoms with van der Waals surface area (Å²) in [5.74, 6) is 0.838. The molecule has 0 fully saturated rings. The summed E-state index contributed by atoms with van der Waals surface area (Å²) in [6.07, 6.45) is -0.488. The average molecular weight is 302 g/mol. The third kappa shape index (κ3) is 4.63. The molecule has 0 aliphatic rings. The number of carbonyl (C=O) groups is 1. The normalized spacial score (nSPS) is 11.3. The van der Waals surface area contributed by atoms with Crippen molar-refractivity contribution in [3.63, 3.8) is 0 Å². The molecule has 0 aromatic heterocycles. The summed E-state index contributed by atoms with van der Waals surface area (Å²) in [7, 11) is 1.65. The standard InChI is InChI=1S/C17H22N2O3/c1-17(2,3)22-16(20)19-18-11-12-5-6-14-10-15(21-4)8-7-13(14)9-12/h5-10,18H,11H2,1-4H3,(H,19,20). The van der Waals surface area contributed by atoms with Crippen molar-refractivity contribution in [1.82, 2.24) is 10.9 Å². The average Bonchev–Trinajstić information content (AvgIpc) is 2.44. The molecule has 2 aromatic rings. The van der Waals surface area contributed by atoms with Gasteiger partial charge in [0.15, 0.2) is 0 Å². The molecule has 118 valence electrons. The first-order valence-corrected chi connectivity index (χ1v) is 7.16. The van der Waals surface area contributed by atoms with Gasteiger partial charge in [0.05, 0.1) is 7.11 Å². The maximum Gasteiger partial charge on any atom is 0.422 e. The summed E-state index contributed by atoms with van der Waals surface area (Å²) >= 11 is 0. The van der Waals surface area contributed by atoms with E-state index >= 15 is 0 Å². The lowest BCUT2D eigenvalue weighted by molar-refractivity contribution is 0.0497. The van der Waals surface area contributed by atoms with Crippen LogP contribution < -0.4 is 15.6 Å². The van der Waals surface area contributed by atoms with Crippen molar-refractivity contribution in [3.8, 4) is 5.75 Å². The highest BCUT2D eigenvalue weighted by molar-refractivity contribution is 5.84. The van der Waals surface area contributed by atoms with Gasteiger partial charge in [-0.25, -0.2) is 10.2 Å². The van der Waals surface area contributed by atoms with Crippen LogP contribution in [0.3, 0.4) is 0 Å². The molecule has 0 bridgehead atoms. The van der Waals surface area contributed by atoms with Gasteiger partial charge in [0.25, 0.3) is 0 Å². The van der Waals surface area contributed by atoms with E-state index in [1.807, 2.05) is 51.1 Å². The number of amides is 1. The van der Waals surface area contributed by atoms with Crippen LogP contribution in [-0.4, -0.2) is 18.8 Å². The number of hydrogen-bond acceptors (Lipinski definition) is 4. The first-order valence-electron chi connectivity index (χ1n) is 7.16. The third-order valence-electron chi connectivity index (χ3n) is 2.99. The van der Waals surface area contributed by atoms with Gasteiger partial charge in [0.1, 0.15) is 11.4 Å². The zero-order valence-electron chi connectivity index (χ0n) is 13.4. The summed E-state index contributed by atoms with van der Waals surface area (Å²) in [5, 5.41) is 2.24. The Kier molecular flexibility index (Phi) is 4.88. The Labute approximate surface area is 130 Å². The summed E-state index contributed by atoms with van der Waals surface area (Å²) in [5.41, 5.74) is 5.94. The molecule has 5 nitrogen and oxygen atoms in total. The SMILES string of the molecule is COc1ccc2cc(CNNC(=O)OC(C)(C)C)ccc2c1. The number of rotatable bonds is 4. The molecule has 2 N–H and O–H groups in total. The van der Waals surface area contributed by atoms with E-state index in [-0.39, 0.29) is 0 Å². The monoisotopic (exact) mass is 302 g/mol. The number of nitrogens with one attached hydrogen (secondary N) is 2. The molecule has 0 radical (unpaired) electrons. The van der Waals surface area contributed by atoms with Gasteiger partial charge in [-0.05, 0) is 55.3 Å². The van der Waals surface area contributed by atoms with Crippen LogP contribution >= 0.6 is 0 Å². The number of hydrogen-bond donors (Lipinski definition) is 2. The number of hydrazine groups is 1. The molecule has 0 spiro atoms. The van der Waals surface area contributed by atoms with E-state index in [0.29, 0.717) is 6.54 Å². The fraction of sp³-hybridized carbons (Fsp3) is 0.353. The van der Waals surface area contributed by atoms with Gasteiger partial charge in [0, 0.05) is 6.54 Å². The fourth-order valence-electron chi connectivity index (χ4n) is 2.03. The molecule has 22 heavy (non-hydrogen) atoms. The summed E-state index contributed by atoms with van der Waals surface area (Å²) < 4.78 is 10.4. The van der Waals surface area contributed by atoms with E-state index in [1.54, 1.807) is 7.11 Å². The van der Waals surface area contributed by atoms with Gasteiger partial charge in [0.2, 0.25) is 0 Å². The predicted octanol–water partition coefficient (Wildman–Crippen LogP) is 3.38. The summed E-state index contributed by atoms with van der Waals surface area (Å²) in [6, 6.07) is 12.0. The van der Waals surface area contributed by atoms with Crippen molar-refractivity contribution in [2.45, 2.75) is 32.9 Å². The zero-order valence-corrected chi connectivity index (χ0v) is 13.4. The number of fused-ring (bicyclic) bond motifs is 1. The number of ether oxygens (including phenoxy) is 2. The molecule has 0 aliphatic carbocycles. The minimum absolute atomic E-state index is 0.488. The second-order valence-corrected chi connectivity index (χ2v) is 6.03. The molecular formula is C17H22N2O3. The molecule has 5 heteroatoms. The van der Waals surface area contributed by atoms with Gasteiger partial charge in [-0.3, -0.25) is 5.43 Å². The van der Waals surface area contributed by atoms with Crippen LogP contribution in [0.25, 0.3) is 10.8 Å². The Bertz CT molecular complexity index is 662. The van der Waals surface area contributed by atoms with Gasteiger partial charge in [-0.15, -0.1) is 0 Å². The highest BCUT2D eigenvalue weighted by atomic mass is 16.6. The van der Waals surface area contributed by atoms with E-state index in [2.05, 4.69) is 16.9 Å². The van der Waals surface area contributed by atoms with E-state index in [1.165, 1.54) is 0 Å². The molecule has 0 unspecified atom stereocenters. The molecular weight excluding hydrogens is 280 g/mol. The smallest absolute Gasteiger partial charge is 0.422 e. The first-order chi connectivity index (χ1) is 10.4. The van der Waals surface area contributed by atoms with E-state index in [9.17, 15) is 4.79 Å². The van der Waals surface area contributed by atoms with Crippen LogP contribution in [0.2, 0.25) is 0 Å². The molecule has 0 atom stereocenters. The molecule has 2 aromatic carbocycles. The summed E-state index contributed by atoms with van der Waals surface area (Å²) in [6.45, 7) is 5.99. The topological polar surface area (TPSA) is 59.6 Å². The van der Waals surface area contributed by atoms with Gasteiger partial charge < -0.3 is 9.47 Å². The van der Waals surface area contributed by atoms with Crippen LogP contribution in [0.15, 0.2) is 36.4 Å². The Balaban J connectivity index is 1.93. The quantitative estimate of drug-likeness (QED) is 0.850. The Morgan fingerprint density at radius 2 is 1.77 bits per heavy atom. The molecule has 0 heterocycles. The van der Waals surface area contributed by atoms with Gasteiger partial charge in [-0.2, -0.15) is 0 Å². The maximum atomic E-state index is 11.5. The maximum absolute atomic E-state index is 11.5. The zero-order chi connectivity index (χ0) is 16.2. The van der Waals surface area contributed by atoms with Crippen LogP contribution in [0.5, 0.6) is 5.75 Å². The van der Waals surface area contributed by atoms with Crippen molar-refractivity contribution < 1.29 is 14.3 Å². The highest BCUT2D eigenvalue weighted by Gasteiger charge is 2.15. The predicted molar refractivity (Wildman–Crippen MR) is 86.7 cm³/mol. The molecule has 0 saturated carbocycles. The Morgan fingerprint density at radius 3 is 2.45 bits per heavy atom.